The molecular weight excluding hydrogens is 215 g/mol. The van der Waals surface area contributed by atoms with E-state index in [1.165, 1.54) is 3.58 Å². The van der Waals surface area contributed by atoms with Crippen LogP contribution in [0.25, 0.3) is 0 Å². The first-order chi connectivity index (χ1) is 3.63. The molecule has 0 radical (unpaired) electrons. The normalized spacial score (nSPS) is 23.6. The molecule has 0 aromatic carbocycles. The minimum Gasteiger partial charge on any atom is -0.178 e. The van der Waals surface area contributed by atoms with Gasteiger partial charge in [0.15, 0.2) is 0 Å². The Morgan fingerprint density at radius 1 is 1.62 bits per heavy atom. The van der Waals surface area contributed by atoms with E-state index in [1.807, 2.05) is 13.8 Å². The maximum atomic E-state index is 3.97. The van der Waals surface area contributed by atoms with Crippen LogP contribution < -0.4 is 0 Å². The van der Waals surface area contributed by atoms with E-state index in [0.29, 0.717) is 0 Å². The molecule has 0 saturated carbocycles. The first-order valence-corrected chi connectivity index (χ1v) is 3.49. The maximum absolute atomic E-state index is 3.97. The third-order valence-corrected chi connectivity index (χ3v) is 2.66. The zero-order valence-corrected chi connectivity index (χ0v) is 7.01. The van der Waals surface area contributed by atoms with Crippen molar-refractivity contribution in [3.63, 3.8) is 0 Å². The van der Waals surface area contributed by atoms with Crippen LogP contribution in [0, 0.1) is 0 Å². The molecule has 0 bridgehead atoms. The van der Waals surface area contributed by atoms with Gasteiger partial charge in [-0.3, -0.25) is 0 Å². The van der Waals surface area contributed by atoms with E-state index >= 15 is 0 Å². The Labute approximate surface area is 62.2 Å². The van der Waals surface area contributed by atoms with Gasteiger partial charge in [0.05, 0.1) is 6.20 Å². The molecule has 8 heavy (non-hydrogen) atoms. The highest BCUT2D eigenvalue weighted by Crippen LogP contribution is 2.31. The highest BCUT2D eigenvalue weighted by atomic mass is 127. The van der Waals surface area contributed by atoms with Crippen molar-refractivity contribution in [3.05, 3.63) is 9.78 Å². The molecule has 0 aromatic rings. The molecule has 1 rings (SSSR count). The van der Waals surface area contributed by atoms with Crippen LogP contribution in [0.4, 0.5) is 0 Å². The number of rotatable bonds is 0. The highest BCUT2D eigenvalue weighted by molar-refractivity contribution is 14.1. The molecule has 0 unspecified atom stereocenters. The molecule has 0 amide bonds. The third kappa shape index (κ3) is 0.913. The molecule has 1 aliphatic heterocycles. The van der Waals surface area contributed by atoms with Crippen molar-refractivity contribution in [3.8, 4) is 0 Å². The predicted octanol–water partition coefficient (Wildman–Crippen LogP) is 2.51. The monoisotopic (exact) mass is 222 g/mol. The second-order valence-electron chi connectivity index (χ2n) is 2.25. The van der Waals surface area contributed by atoms with Gasteiger partial charge in [0.25, 0.3) is 0 Å². The summed E-state index contributed by atoms with van der Waals surface area (Å²) in [6.45, 7) is 4.09. The lowest BCUT2D eigenvalue weighted by Crippen LogP contribution is -2.12. The molecule has 0 fully saturated rings. The lowest BCUT2D eigenvalue weighted by atomic mass is 10.1. The van der Waals surface area contributed by atoms with Crippen molar-refractivity contribution in [2.24, 2.45) is 10.2 Å². The fourth-order valence-corrected chi connectivity index (χ4v) is 0.662. The van der Waals surface area contributed by atoms with Crippen LogP contribution in [0.1, 0.15) is 13.8 Å². The number of halogens is 1. The highest BCUT2D eigenvalue weighted by Gasteiger charge is 2.23. The lowest BCUT2D eigenvalue weighted by Gasteiger charge is -2.10. The molecular formula is C5H7IN2. The SMILES string of the molecule is CC1(C)N=NC=C1I. The molecule has 0 atom stereocenters. The second kappa shape index (κ2) is 1.79. The number of azo groups is 1. The molecule has 0 saturated heterocycles. The molecule has 0 N–H and O–H groups in total. The van der Waals surface area contributed by atoms with Crippen LogP contribution in [0.5, 0.6) is 0 Å². The third-order valence-electron chi connectivity index (χ3n) is 1.06. The van der Waals surface area contributed by atoms with E-state index in [9.17, 15) is 0 Å². The molecule has 0 spiro atoms. The van der Waals surface area contributed by atoms with Crippen LogP contribution in [0.3, 0.4) is 0 Å². The molecule has 1 heterocycles. The van der Waals surface area contributed by atoms with E-state index in [-0.39, 0.29) is 5.54 Å². The fourth-order valence-electron chi connectivity index (χ4n) is 0.430. The first kappa shape index (κ1) is 6.19. The second-order valence-corrected chi connectivity index (χ2v) is 3.41. The quantitative estimate of drug-likeness (QED) is 0.562. The maximum Gasteiger partial charge on any atom is 0.108 e. The van der Waals surface area contributed by atoms with Crippen molar-refractivity contribution in [2.45, 2.75) is 19.4 Å². The van der Waals surface area contributed by atoms with Crippen molar-refractivity contribution in [2.75, 3.05) is 0 Å². The van der Waals surface area contributed by atoms with Gasteiger partial charge in [-0.1, -0.05) is 0 Å². The fraction of sp³-hybridized carbons (Fsp3) is 0.600. The molecule has 1 aliphatic rings. The lowest BCUT2D eigenvalue weighted by molar-refractivity contribution is 0.640. The summed E-state index contributed by atoms with van der Waals surface area (Å²) in [6, 6.07) is 0. The molecule has 0 aliphatic carbocycles. The van der Waals surface area contributed by atoms with E-state index in [2.05, 4.69) is 32.8 Å². The summed E-state index contributed by atoms with van der Waals surface area (Å²) in [7, 11) is 0. The Kier molecular flexibility index (Phi) is 1.38. The summed E-state index contributed by atoms with van der Waals surface area (Å²) in [5, 5.41) is 7.75. The zero-order valence-electron chi connectivity index (χ0n) is 4.85. The van der Waals surface area contributed by atoms with Gasteiger partial charge in [0, 0.05) is 3.58 Å². The Morgan fingerprint density at radius 2 is 2.25 bits per heavy atom. The summed E-state index contributed by atoms with van der Waals surface area (Å²) < 4.78 is 1.20. The standard InChI is InChI=1S/C5H7IN2/c1-5(2)4(6)3-7-8-5/h3H,1-2H3. The van der Waals surface area contributed by atoms with Crippen LogP contribution in [0.15, 0.2) is 20.0 Å². The van der Waals surface area contributed by atoms with Crippen LogP contribution in [-0.4, -0.2) is 5.54 Å². The molecule has 3 heteroatoms. The van der Waals surface area contributed by atoms with Crippen molar-refractivity contribution in [1.82, 2.24) is 0 Å². The Hall–Kier alpha value is 0.0700. The zero-order chi connectivity index (χ0) is 6.20. The minimum atomic E-state index is -0.0411. The van der Waals surface area contributed by atoms with E-state index < -0.39 is 0 Å². The number of nitrogens with zero attached hydrogens (tertiary/aromatic N) is 2. The Bertz CT molecular complexity index is 158. The summed E-state index contributed by atoms with van der Waals surface area (Å²) in [5.74, 6) is 0. The van der Waals surface area contributed by atoms with Gasteiger partial charge in [0.1, 0.15) is 5.54 Å². The summed E-state index contributed by atoms with van der Waals surface area (Å²) in [6.07, 6.45) is 1.79. The average molecular weight is 222 g/mol. The van der Waals surface area contributed by atoms with Gasteiger partial charge in [0.2, 0.25) is 0 Å². The Morgan fingerprint density at radius 3 is 2.38 bits per heavy atom. The van der Waals surface area contributed by atoms with Gasteiger partial charge in [-0.25, -0.2) is 0 Å². The largest absolute Gasteiger partial charge is 0.178 e. The van der Waals surface area contributed by atoms with Crippen molar-refractivity contribution in [1.29, 1.82) is 0 Å². The van der Waals surface area contributed by atoms with Crippen LogP contribution in [0.2, 0.25) is 0 Å². The van der Waals surface area contributed by atoms with Gasteiger partial charge >= 0.3 is 0 Å². The van der Waals surface area contributed by atoms with Gasteiger partial charge in [-0.2, -0.15) is 10.2 Å². The Balaban J connectivity index is 2.87. The number of hydrogen-bond donors (Lipinski definition) is 0. The number of hydrogen-bond acceptors (Lipinski definition) is 2. The summed E-state index contributed by atoms with van der Waals surface area (Å²) >= 11 is 2.25. The van der Waals surface area contributed by atoms with E-state index in [0.717, 1.165) is 0 Å². The molecule has 0 aromatic heterocycles. The van der Waals surface area contributed by atoms with Crippen molar-refractivity contribution >= 4 is 22.6 Å². The molecule has 44 valence electrons. The van der Waals surface area contributed by atoms with Crippen LogP contribution >= 0.6 is 22.6 Å². The van der Waals surface area contributed by atoms with Gasteiger partial charge in [-0.05, 0) is 36.4 Å². The smallest absolute Gasteiger partial charge is 0.108 e. The van der Waals surface area contributed by atoms with Gasteiger partial charge in [-0.15, -0.1) is 0 Å². The minimum absolute atomic E-state index is 0.0411. The average Bonchev–Trinajstić information content (AvgIpc) is 1.86. The topological polar surface area (TPSA) is 24.7 Å². The summed E-state index contributed by atoms with van der Waals surface area (Å²) in [5.41, 5.74) is -0.0411. The predicted molar refractivity (Wildman–Crippen MR) is 41.0 cm³/mol. The van der Waals surface area contributed by atoms with Crippen molar-refractivity contribution < 1.29 is 0 Å². The van der Waals surface area contributed by atoms with E-state index in [4.69, 9.17) is 0 Å². The summed E-state index contributed by atoms with van der Waals surface area (Å²) in [4.78, 5) is 0. The van der Waals surface area contributed by atoms with E-state index in [1.54, 1.807) is 6.20 Å². The first-order valence-electron chi connectivity index (χ1n) is 2.41. The molecule has 2 nitrogen and oxygen atoms in total. The van der Waals surface area contributed by atoms with Gasteiger partial charge < -0.3 is 0 Å². The van der Waals surface area contributed by atoms with Crippen LogP contribution in [-0.2, 0) is 0 Å².